The van der Waals surface area contributed by atoms with Gasteiger partial charge in [0.1, 0.15) is 12.4 Å². The Balaban J connectivity index is 1.75. The van der Waals surface area contributed by atoms with Gasteiger partial charge in [0.15, 0.2) is 5.78 Å². The molecule has 4 heteroatoms. The zero-order valence-corrected chi connectivity index (χ0v) is 15.0. The van der Waals surface area contributed by atoms with Crippen LogP contribution >= 0.6 is 0 Å². The molecule has 0 N–H and O–H groups in total. The van der Waals surface area contributed by atoms with Gasteiger partial charge in [0.05, 0.1) is 0 Å². The molecule has 4 nitrogen and oxygen atoms in total. The first-order chi connectivity index (χ1) is 11.9. The first-order valence-electron chi connectivity index (χ1n) is 9.47. The minimum atomic E-state index is -0.270. The minimum Gasteiger partial charge on any atom is -0.465 e. The van der Waals surface area contributed by atoms with Gasteiger partial charge in [0.2, 0.25) is 0 Å². The van der Waals surface area contributed by atoms with Gasteiger partial charge in [0, 0.05) is 30.6 Å². The summed E-state index contributed by atoms with van der Waals surface area (Å²) >= 11 is 0. The molecule has 4 aliphatic carbocycles. The molecule has 0 unspecified atom stereocenters. The molecule has 0 radical (unpaired) electrons. The summed E-state index contributed by atoms with van der Waals surface area (Å²) < 4.78 is 5.49. The van der Waals surface area contributed by atoms with Crippen LogP contribution in [0.1, 0.15) is 52.4 Å². The van der Waals surface area contributed by atoms with Crippen molar-refractivity contribution in [3.8, 4) is 0 Å². The SMILES string of the molecule is CC(=O)OC[C@]12CCC(=O)C=C1C=C[C@@H]1[C@@H]2CC[C@]2(C)C(=O)CC[C@@H]12. The maximum absolute atomic E-state index is 12.5. The van der Waals surface area contributed by atoms with Gasteiger partial charge < -0.3 is 4.74 Å². The Bertz CT molecular complexity index is 703. The summed E-state index contributed by atoms with van der Waals surface area (Å²) in [7, 11) is 0. The number of ether oxygens (including phenoxy) is 1. The van der Waals surface area contributed by atoms with Crippen molar-refractivity contribution in [2.24, 2.45) is 28.6 Å². The van der Waals surface area contributed by atoms with Gasteiger partial charge in [-0.05, 0) is 55.1 Å². The van der Waals surface area contributed by atoms with Crippen LogP contribution in [0.5, 0.6) is 0 Å². The second kappa shape index (κ2) is 5.65. The molecule has 4 rings (SSSR count). The van der Waals surface area contributed by atoms with E-state index in [2.05, 4.69) is 19.1 Å². The van der Waals surface area contributed by atoms with E-state index in [9.17, 15) is 14.4 Å². The molecule has 25 heavy (non-hydrogen) atoms. The number of ketones is 2. The summed E-state index contributed by atoms with van der Waals surface area (Å²) in [5.74, 6) is 1.37. The summed E-state index contributed by atoms with van der Waals surface area (Å²) in [4.78, 5) is 35.9. The van der Waals surface area contributed by atoms with Crippen LogP contribution in [0.2, 0.25) is 0 Å². The van der Waals surface area contributed by atoms with Crippen LogP contribution in [0.3, 0.4) is 0 Å². The second-order valence-electron chi connectivity index (χ2n) is 8.57. The molecule has 0 aromatic rings. The molecule has 0 heterocycles. The van der Waals surface area contributed by atoms with E-state index in [0.717, 1.165) is 31.3 Å². The molecule has 2 fully saturated rings. The topological polar surface area (TPSA) is 60.4 Å². The molecular formula is C21H26O4. The lowest BCUT2D eigenvalue weighted by Gasteiger charge is -2.55. The third-order valence-corrected chi connectivity index (χ3v) is 7.49. The number of hydrogen-bond donors (Lipinski definition) is 0. The maximum Gasteiger partial charge on any atom is 0.302 e. The van der Waals surface area contributed by atoms with Gasteiger partial charge in [-0.1, -0.05) is 19.1 Å². The van der Waals surface area contributed by atoms with Crippen LogP contribution in [0, 0.1) is 28.6 Å². The highest BCUT2D eigenvalue weighted by molar-refractivity contribution is 5.92. The fourth-order valence-electron chi connectivity index (χ4n) is 6.08. The van der Waals surface area contributed by atoms with Crippen molar-refractivity contribution in [2.75, 3.05) is 6.61 Å². The third kappa shape index (κ3) is 2.37. The number of carbonyl (C=O) groups is 3. The molecule has 4 aliphatic rings. The first kappa shape index (κ1) is 16.7. The molecular weight excluding hydrogens is 316 g/mol. The number of carbonyl (C=O) groups excluding carboxylic acids is 3. The molecule has 0 amide bonds. The molecule has 2 saturated carbocycles. The molecule has 0 bridgehead atoms. The number of Topliss-reactive ketones (excluding diaryl/α,β-unsaturated/α-hetero) is 1. The molecule has 0 aromatic heterocycles. The Labute approximate surface area is 148 Å². The molecule has 5 atom stereocenters. The van der Waals surface area contributed by atoms with E-state index in [1.807, 2.05) is 0 Å². The largest absolute Gasteiger partial charge is 0.465 e. The van der Waals surface area contributed by atoms with Crippen molar-refractivity contribution in [2.45, 2.75) is 52.4 Å². The predicted molar refractivity (Wildman–Crippen MR) is 92.6 cm³/mol. The summed E-state index contributed by atoms with van der Waals surface area (Å²) in [6.45, 7) is 3.94. The number of allylic oxidation sites excluding steroid dienone is 3. The van der Waals surface area contributed by atoms with E-state index in [4.69, 9.17) is 4.74 Å². The number of rotatable bonds is 2. The van der Waals surface area contributed by atoms with Crippen LogP contribution in [-0.4, -0.2) is 24.1 Å². The maximum atomic E-state index is 12.5. The Hall–Kier alpha value is -1.71. The molecule has 0 aromatic carbocycles. The molecule has 0 spiro atoms. The Morgan fingerprint density at radius 1 is 1.20 bits per heavy atom. The lowest BCUT2D eigenvalue weighted by molar-refractivity contribution is -0.147. The fraction of sp³-hybridized carbons (Fsp3) is 0.667. The fourth-order valence-corrected chi connectivity index (χ4v) is 6.08. The van der Waals surface area contributed by atoms with E-state index in [0.29, 0.717) is 43.0 Å². The van der Waals surface area contributed by atoms with Crippen LogP contribution in [0.15, 0.2) is 23.8 Å². The monoisotopic (exact) mass is 342 g/mol. The Kier molecular flexibility index (Phi) is 3.78. The summed E-state index contributed by atoms with van der Waals surface area (Å²) in [6.07, 6.45) is 10.9. The van der Waals surface area contributed by atoms with Gasteiger partial charge in [-0.3, -0.25) is 14.4 Å². The number of hydrogen-bond acceptors (Lipinski definition) is 4. The van der Waals surface area contributed by atoms with Gasteiger partial charge in [0.25, 0.3) is 0 Å². The van der Waals surface area contributed by atoms with E-state index in [-0.39, 0.29) is 22.6 Å². The van der Waals surface area contributed by atoms with E-state index < -0.39 is 0 Å². The minimum absolute atomic E-state index is 0.160. The lowest BCUT2D eigenvalue weighted by Crippen LogP contribution is -2.52. The van der Waals surface area contributed by atoms with Crippen molar-refractivity contribution < 1.29 is 19.1 Å². The highest BCUT2D eigenvalue weighted by atomic mass is 16.5. The van der Waals surface area contributed by atoms with E-state index in [1.54, 1.807) is 6.08 Å². The van der Waals surface area contributed by atoms with Crippen LogP contribution < -0.4 is 0 Å². The summed E-state index contributed by atoms with van der Waals surface area (Å²) in [6, 6.07) is 0. The Morgan fingerprint density at radius 3 is 2.76 bits per heavy atom. The average Bonchev–Trinajstić information content (AvgIpc) is 2.88. The predicted octanol–water partition coefficient (Wildman–Crippen LogP) is 3.41. The van der Waals surface area contributed by atoms with Gasteiger partial charge in [-0.15, -0.1) is 0 Å². The molecule has 0 aliphatic heterocycles. The van der Waals surface area contributed by atoms with Crippen molar-refractivity contribution in [3.63, 3.8) is 0 Å². The Morgan fingerprint density at radius 2 is 2.00 bits per heavy atom. The first-order valence-corrected chi connectivity index (χ1v) is 9.47. The van der Waals surface area contributed by atoms with Crippen molar-refractivity contribution in [1.29, 1.82) is 0 Å². The normalized spacial score (nSPS) is 42.3. The molecule has 0 saturated heterocycles. The van der Waals surface area contributed by atoms with Crippen molar-refractivity contribution in [1.82, 2.24) is 0 Å². The second-order valence-corrected chi connectivity index (χ2v) is 8.57. The quantitative estimate of drug-likeness (QED) is 0.722. The zero-order chi connectivity index (χ0) is 17.8. The van der Waals surface area contributed by atoms with Crippen molar-refractivity contribution >= 4 is 17.5 Å². The summed E-state index contributed by atoms with van der Waals surface area (Å²) in [5.41, 5.74) is 0.574. The van der Waals surface area contributed by atoms with Crippen LogP contribution in [0.4, 0.5) is 0 Å². The van der Waals surface area contributed by atoms with Crippen LogP contribution in [-0.2, 0) is 19.1 Å². The third-order valence-electron chi connectivity index (χ3n) is 7.49. The smallest absolute Gasteiger partial charge is 0.302 e. The number of fused-ring (bicyclic) bond motifs is 5. The average molecular weight is 342 g/mol. The molecule has 134 valence electrons. The number of esters is 1. The standard InChI is InChI=1S/C21H26O4/c1-13(22)25-12-21-10-7-15(23)11-14(21)3-4-16-17-5-6-19(24)20(17,2)9-8-18(16)21/h3-4,11,16-18H,5-10,12H2,1-2H3/t16-,17-,18-,20-,21+/m0/s1. The lowest BCUT2D eigenvalue weighted by atomic mass is 9.49. The zero-order valence-electron chi connectivity index (χ0n) is 15.0. The summed E-state index contributed by atoms with van der Waals surface area (Å²) in [5, 5.41) is 0. The van der Waals surface area contributed by atoms with Gasteiger partial charge >= 0.3 is 5.97 Å². The van der Waals surface area contributed by atoms with E-state index in [1.165, 1.54) is 6.92 Å². The van der Waals surface area contributed by atoms with Gasteiger partial charge in [-0.25, -0.2) is 0 Å². The van der Waals surface area contributed by atoms with Crippen molar-refractivity contribution in [3.05, 3.63) is 23.8 Å². The highest BCUT2D eigenvalue weighted by Gasteiger charge is 2.59. The van der Waals surface area contributed by atoms with E-state index >= 15 is 0 Å². The van der Waals surface area contributed by atoms with Gasteiger partial charge in [-0.2, -0.15) is 0 Å². The highest BCUT2D eigenvalue weighted by Crippen LogP contribution is 2.62. The van der Waals surface area contributed by atoms with Crippen LogP contribution in [0.25, 0.3) is 0 Å².